The number of urea groups is 1. The number of nitrogens with one attached hydrogen (secondary N) is 1. The number of rotatable bonds is 10. The summed E-state index contributed by atoms with van der Waals surface area (Å²) >= 11 is 0. The second-order valence-corrected chi connectivity index (χ2v) is 13.3. The van der Waals surface area contributed by atoms with Crippen molar-refractivity contribution >= 4 is 6.03 Å². The molecule has 5 rings (SSSR count). The van der Waals surface area contributed by atoms with Gasteiger partial charge in [0.15, 0.2) is 11.5 Å². The Morgan fingerprint density at radius 2 is 1.52 bits per heavy atom. The van der Waals surface area contributed by atoms with E-state index in [2.05, 4.69) is 54.9 Å². The van der Waals surface area contributed by atoms with E-state index in [4.69, 9.17) is 28.4 Å². The fourth-order valence-corrected chi connectivity index (χ4v) is 8.37. The summed E-state index contributed by atoms with van der Waals surface area (Å²) in [6, 6.07) is 6.15. The van der Waals surface area contributed by atoms with Gasteiger partial charge in [-0.05, 0) is 55.0 Å². The molecule has 2 fully saturated rings. The number of hydrogen-bond acceptors (Lipinski definition) is 8. The first-order valence-electron chi connectivity index (χ1n) is 15.4. The quantitative estimate of drug-likeness (QED) is 0.430. The number of fused-ring (bicyclic) bond motifs is 3. The van der Waals surface area contributed by atoms with Crippen LogP contribution >= 0.6 is 0 Å². The van der Waals surface area contributed by atoms with Crippen molar-refractivity contribution in [1.82, 2.24) is 9.80 Å². The van der Waals surface area contributed by atoms with Crippen LogP contribution in [-0.4, -0.2) is 96.8 Å². The molecule has 242 valence electrons. The maximum Gasteiger partial charge on any atom is 0.423 e. The summed E-state index contributed by atoms with van der Waals surface area (Å²) in [5.74, 6) is 3.53. The number of nitrogens with zero attached hydrogens (tertiary/aromatic N) is 2. The van der Waals surface area contributed by atoms with E-state index < -0.39 is 11.0 Å². The summed E-state index contributed by atoms with van der Waals surface area (Å²) in [4.78, 5) is 19.9. The predicted octanol–water partition coefficient (Wildman–Crippen LogP) is 3.60. The Bertz CT molecular complexity index is 1320. The van der Waals surface area contributed by atoms with E-state index in [-0.39, 0.29) is 17.4 Å². The van der Waals surface area contributed by atoms with Gasteiger partial charge in [-0.25, -0.2) is 9.69 Å². The first-order valence-corrected chi connectivity index (χ1v) is 15.4. The summed E-state index contributed by atoms with van der Waals surface area (Å²) in [7, 11) is 10.0. The van der Waals surface area contributed by atoms with Gasteiger partial charge in [-0.1, -0.05) is 13.8 Å². The topological polar surface area (TPSA) is 83.4 Å². The number of quaternary nitrogens is 1. The van der Waals surface area contributed by atoms with E-state index in [9.17, 15) is 4.79 Å². The molecule has 1 N–H and O–H groups in total. The predicted molar refractivity (Wildman–Crippen MR) is 166 cm³/mol. The minimum atomic E-state index is -0.434. The van der Waals surface area contributed by atoms with E-state index in [1.165, 1.54) is 5.70 Å². The molecule has 44 heavy (non-hydrogen) atoms. The monoisotopic (exact) mass is 612 g/mol. The lowest BCUT2D eigenvalue weighted by Gasteiger charge is -2.45. The molecule has 2 amide bonds. The summed E-state index contributed by atoms with van der Waals surface area (Å²) in [5.41, 5.74) is 1.13. The molecule has 0 radical (unpaired) electrons. The maximum atomic E-state index is 14.5. The van der Waals surface area contributed by atoms with Crippen LogP contribution in [0.15, 0.2) is 53.3 Å². The molecular weight excluding hydrogens is 562 g/mol. The fourth-order valence-electron chi connectivity index (χ4n) is 8.37. The smallest absolute Gasteiger partial charge is 0.423 e. The van der Waals surface area contributed by atoms with Gasteiger partial charge < -0.3 is 28.4 Å². The van der Waals surface area contributed by atoms with Crippen molar-refractivity contribution in [3.05, 3.63) is 58.9 Å². The van der Waals surface area contributed by atoms with Crippen molar-refractivity contribution in [3.8, 4) is 11.5 Å². The molecule has 0 saturated carbocycles. The third-order valence-electron chi connectivity index (χ3n) is 10.2. The Labute approximate surface area is 262 Å². The second kappa shape index (κ2) is 12.3. The van der Waals surface area contributed by atoms with Crippen molar-refractivity contribution in [3.63, 3.8) is 0 Å². The number of likely N-dealkylation sites (tertiary alicyclic amines) is 1. The van der Waals surface area contributed by atoms with Crippen molar-refractivity contribution in [2.45, 2.75) is 45.7 Å². The number of hydrogen-bond donors (Lipinski definition) is 1. The van der Waals surface area contributed by atoms with Crippen LogP contribution in [0.3, 0.4) is 0 Å². The van der Waals surface area contributed by atoms with Crippen molar-refractivity contribution < 1.29 is 38.1 Å². The normalized spacial score (nSPS) is 27.7. The molecule has 1 aliphatic carbocycles. The van der Waals surface area contributed by atoms with Gasteiger partial charge in [0.05, 0.1) is 60.7 Å². The number of amides is 2. The summed E-state index contributed by atoms with van der Waals surface area (Å²) in [6.07, 6.45) is 6.20. The van der Waals surface area contributed by atoms with Crippen LogP contribution < -0.4 is 14.4 Å². The molecular formula is C34H50N3O7+. The van der Waals surface area contributed by atoms with E-state index in [1.54, 1.807) is 42.7 Å². The third-order valence-corrected chi connectivity index (χ3v) is 10.2. The summed E-state index contributed by atoms with van der Waals surface area (Å²) < 4.78 is 34.2. The second-order valence-electron chi connectivity index (χ2n) is 13.3. The molecule has 1 aromatic rings. The minimum Gasteiger partial charge on any atom is -0.497 e. The molecule has 10 heteroatoms. The summed E-state index contributed by atoms with van der Waals surface area (Å²) in [6.45, 7) is 10.8. The van der Waals surface area contributed by atoms with Crippen LogP contribution in [0.2, 0.25) is 0 Å². The first-order chi connectivity index (χ1) is 21.0. The van der Waals surface area contributed by atoms with Crippen LogP contribution in [0.4, 0.5) is 4.79 Å². The molecule has 0 aromatic heterocycles. The highest BCUT2D eigenvalue weighted by Gasteiger charge is 2.64. The number of benzene rings is 1. The van der Waals surface area contributed by atoms with Crippen LogP contribution in [0.1, 0.15) is 39.2 Å². The Morgan fingerprint density at radius 1 is 0.864 bits per heavy atom. The fraction of sp³-hybridized carbons (Fsp3) is 0.618. The van der Waals surface area contributed by atoms with Gasteiger partial charge in [0.2, 0.25) is 0 Å². The first kappa shape index (κ1) is 32.2. The molecule has 1 spiro atoms. The number of methoxy groups -OCH3 is 6. The number of allylic oxidation sites excluding steroid dienone is 2. The van der Waals surface area contributed by atoms with Crippen LogP contribution in [-0.2, 0) is 25.5 Å². The molecule has 1 aromatic carbocycles. The highest BCUT2D eigenvalue weighted by molar-refractivity contribution is 5.72. The third kappa shape index (κ3) is 5.35. The van der Waals surface area contributed by atoms with Crippen molar-refractivity contribution in [1.29, 1.82) is 0 Å². The molecule has 3 heterocycles. The highest BCUT2D eigenvalue weighted by atomic mass is 16.5. The lowest BCUT2D eigenvalue weighted by Crippen LogP contribution is -3.13. The number of carbonyl (C=O) groups excluding carboxylic acids is 1. The molecule has 0 bridgehead atoms. The average molecular weight is 613 g/mol. The average Bonchev–Trinajstić information content (AvgIpc) is 3.13. The zero-order valence-electron chi connectivity index (χ0n) is 27.9. The van der Waals surface area contributed by atoms with Crippen LogP contribution in [0, 0.1) is 16.7 Å². The SMILES string of the molecule is COCCN1C(=O)[NH+]2CC3(C)C=C(OC)C(OC)=C(OC)C3C(C)(C)C=C2C12CCN(Cc1cc(OC)cc(OC)c1)CC2. The van der Waals surface area contributed by atoms with Crippen molar-refractivity contribution in [2.75, 3.05) is 75.4 Å². The van der Waals surface area contributed by atoms with Gasteiger partial charge in [0.1, 0.15) is 28.5 Å². The Morgan fingerprint density at radius 3 is 2.07 bits per heavy atom. The van der Waals surface area contributed by atoms with E-state index in [0.717, 1.165) is 60.2 Å². The highest BCUT2D eigenvalue weighted by Crippen LogP contribution is 2.54. The summed E-state index contributed by atoms with van der Waals surface area (Å²) in [5, 5.41) is 0. The van der Waals surface area contributed by atoms with Gasteiger partial charge in [0.25, 0.3) is 0 Å². The molecule has 3 aliphatic heterocycles. The molecule has 10 nitrogen and oxygen atoms in total. The largest absolute Gasteiger partial charge is 0.497 e. The van der Waals surface area contributed by atoms with Gasteiger partial charge in [0, 0.05) is 38.7 Å². The van der Waals surface area contributed by atoms with Crippen molar-refractivity contribution in [2.24, 2.45) is 16.7 Å². The Kier molecular flexibility index (Phi) is 8.99. The van der Waals surface area contributed by atoms with Crippen LogP contribution in [0.25, 0.3) is 0 Å². The Hall–Kier alpha value is -3.21. The zero-order valence-corrected chi connectivity index (χ0v) is 27.9. The lowest BCUT2D eigenvalue weighted by atomic mass is 9.61. The number of carbonyl (C=O) groups is 1. The van der Waals surface area contributed by atoms with Gasteiger partial charge in [-0.2, -0.15) is 0 Å². The van der Waals surface area contributed by atoms with E-state index in [1.807, 2.05) is 6.07 Å². The minimum absolute atomic E-state index is 0.0557. The van der Waals surface area contributed by atoms with Crippen LogP contribution in [0.5, 0.6) is 11.5 Å². The molecule has 2 saturated heterocycles. The number of ether oxygens (including phenoxy) is 6. The van der Waals surface area contributed by atoms with Gasteiger partial charge >= 0.3 is 6.03 Å². The lowest BCUT2D eigenvalue weighted by molar-refractivity contribution is -0.776. The number of piperidine rings is 1. The molecule has 3 unspecified atom stereocenters. The molecule has 3 atom stereocenters. The van der Waals surface area contributed by atoms with Gasteiger partial charge in [-0.15, -0.1) is 0 Å². The Balaban J connectivity index is 1.52. The molecule has 4 aliphatic rings. The maximum absolute atomic E-state index is 14.5. The van der Waals surface area contributed by atoms with E-state index in [0.29, 0.717) is 31.2 Å². The standard InChI is InChI=1S/C34H49N3O7/c1-32(2)20-27-34(10-12-35(13-11-34)21-23-16-24(40-5)18-25(17-23)41-6)37(14-15-39-4)31(38)36(27)22-33(3)19-26(42-7)28(43-8)29(44-9)30(32)33/h16-20,30H,10-15,21-22H2,1-9H3/p+1. The van der Waals surface area contributed by atoms with Gasteiger partial charge in [-0.3, -0.25) is 9.80 Å². The zero-order chi connectivity index (χ0) is 31.9. The van der Waals surface area contributed by atoms with E-state index >= 15 is 0 Å².